The monoisotopic (exact) mass is 363 g/mol. The molecule has 2 aromatic rings. The van der Waals surface area contributed by atoms with Crippen molar-refractivity contribution in [2.45, 2.75) is 11.3 Å². The number of rotatable bonds is 4. The Bertz CT molecular complexity index is 903. The van der Waals surface area contributed by atoms with Crippen LogP contribution in [0.3, 0.4) is 0 Å². The molecule has 1 heterocycles. The number of nitro groups is 1. The second-order valence-electron chi connectivity index (χ2n) is 4.48. The van der Waals surface area contributed by atoms with Gasteiger partial charge < -0.3 is 0 Å². The summed E-state index contributed by atoms with van der Waals surface area (Å²) in [7, 11) is -4.11. The van der Waals surface area contributed by atoms with Crippen LogP contribution in [0.15, 0.2) is 34.5 Å². The van der Waals surface area contributed by atoms with E-state index in [9.17, 15) is 31.7 Å². The lowest BCUT2D eigenvalue weighted by Crippen LogP contribution is -2.15. The SMILES string of the molecule is CS(=O)(=O)c1nnc(C(F)(F)F)n1/N=C/c1ccc([N+](=O)[O-])cc1. The molecule has 0 atom stereocenters. The Morgan fingerprint density at radius 1 is 1.25 bits per heavy atom. The number of non-ortho nitro benzene ring substituents is 1. The minimum absolute atomic E-state index is 0.0523. The van der Waals surface area contributed by atoms with Crippen LogP contribution >= 0.6 is 0 Å². The standard InChI is InChI=1S/C11H8F3N5O4S/c1-24(22,23)10-17-16-9(11(12,13)14)18(10)15-6-7-2-4-8(5-3-7)19(20)21/h2-6H,1H3/b15-6+. The van der Waals surface area contributed by atoms with Gasteiger partial charge in [-0.3, -0.25) is 10.1 Å². The highest BCUT2D eigenvalue weighted by Crippen LogP contribution is 2.29. The first-order valence-electron chi connectivity index (χ1n) is 6.01. The zero-order chi connectivity index (χ0) is 18.1. The summed E-state index contributed by atoms with van der Waals surface area (Å²) >= 11 is 0. The fourth-order valence-electron chi connectivity index (χ4n) is 1.58. The molecule has 0 fully saturated rings. The summed E-state index contributed by atoms with van der Waals surface area (Å²) in [6, 6.07) is 4.71. The first kappa shape index (κ1) is 17.5. The summed E-state index contributed by atoms with van der Waals surface area (Å²) in [6.07, 6.45) is -3.41. The van der Waals surface area contributed by atoms with E-state index in [1.807, 2.05) is 0 Å². The van der Waals surface area contributed by atoms with Crippen molar-refractivity contribution in [2.75, 3.05) is 6.26 Å². The normalized spacial score (nSPS) is 12.7. The summed E-state index contributed by atoms with van der Waals surface area (Å²) in [5.41, 5.74) is -0.00821. The van der Waals surface area contributed by atoms with E-state index in [-0.39, 0.29) is 15.9 Å². The molecule has 0 saturated carbocycles. The van der Waals surface area contributed by atoms with Gasteiger partial charge >= 0.3 is 6.18 Å². The zero-order valence-electron chi connectivity index (χ0n) is 11.8. The van der Waals surface area contributed by atoms with Gasteiger partial charge in [-0.2, -0.15) is 22.9 Å². The molecule has 24 heavy (non-hydrogen) atoms. The average molecular weight is 363 g/mol. The van der Waals surface area contributed by atoms with E-state index in [4.69, 9.17) is 0 Å². The van der Waals surface area contributed by atoms with Crippen molar-refractivity contribution in [3.05, 3.63) is 45.8 Å². The van der Waals surface area contributed by atoms with E-state index in [1.54, 1.807) is 0 Å². The van der Waals surface area contributed by atoms with Gasteiger partial charge in [0.25, 0.3) is 16.7 Å². The molecule has 1 aromatic carbocycles. The average Bonchev–Trinajstić information content (AvgIpc) is 2.89. The maximum absolute atomic E-state index is 12.9. The van der Waals surface area contributed by atoms with Crippen LogP contribution in [0.25, 0.3) is 0 Å². The molecule has 0 N–H and O–H groups in total. The van der Waals surface area contributed by atoms with Crippen molar-refractivity contribution >= 4 is 21.7 Å². The van der Waals surface area contributed by atoms with Crippen LogP contribution in [0.2, 0.25) is 0 Å². The number of aromatic nitrogens is 3. The molecular weight excluding hydrogens is 355 g/mol. The summed E-state index contributed by atoms with van der Waals surface area (Å²) < 4.78 is 61.6. The Labute approximate surface area is 132 Å². The maximum atomic E-state index is 12.9. The number of hydrogen-bond acceptors (Lipinski definition) is 7. The first-order chi connectivity index (χ1) is 11.0. The molecule has 0 aliphatic rings. The van der Waals surface area contributed by atoms with Crippen LogP contribution in [0.4, 0.5) is 18.9 Å². The molecule has 0 amide bonds. The van der Waals surface area contributed by atoms with Crippen LogP contribution in [-0.2, 0) is 16.0 Å². The Morgan fingerprint density at radius 3 is 2.29 bits per heavy atom. The predicted molar refractivity (Wildman–Crippen MR) is 74.2 cm³/mol. The maximum Gasteiger partial charge on any atom is 0.453 e. The van der Waals surface area contributed by atoms with Crippen molar-refractivity contribution in [3.63, 3.8) is 0 Å². The molecule has 0 saturated heterocycles. The van der Waals surface area contributed by atoms with Crippen LogP contribution in [0.5, 0.6) is 0 Å². The molecule has 13 heteroatoms. The molecule has 0 spiro atoms. The Balaban J connectivity index is 2.47. The third-order valence-corrected chi connectivity index (χ3v) is 3.54. The smallest absolute Gasteiger partial charge is 0.258 e. The first-order valence-corrected chi connectivity index (χ1v) is 7.91. The zero-order valence-corrected chi connectivity index (χ0v) is 12.6. The predicted octanol–water partition coefficient (Wildman–Crippen LogP) is 1.49. The minimum Gasteiger partial charge on any atom is -0.258 e. The van der Waals surface area contributed by atoms with E-state index < -0.39 is 31.9 Å². The summed E-state index contributed by atoms with van der Waals surface area (Å²) in [6.45, 7) is 0. The van der Waals surface area contributed by atoms with Gasteiger partial charge in [0.15, 0.2) is 0 Å². The molecule has 0 unspecified atom stereocenters. The number of hydrogen-bond donors (Lipinski definition) is 0. The molecular formula is C11H8F3N5O4S. The fourth-order valence-corrected chi connectivity index (χ4v) is 2.22. The third-order valence-electron chi connectivity index (χ3n) is 2.62. The van der Waals surface area contributed by atoms with E-state index in [0.717, 1.165) is 18.3 Å². The Kier molecular flexibility index (Phi) is 4.38. The van der Waals surface area contributed by atoms with Gasteiger partial charge in [0.1, 0.15) is 0 Å². The molecule has 0 aliphatic carbocycles. The topological polar surface area (TPSA) is 120 Å². The van der Waals surface area contributed by atoms with Crippen molar-refractivity contribution in [2.24, 2.45) is 5.10 Å². The largest absolute Gasteiger partial charge is 0.453 e. The second kappa shape index (κ2) is 5.99. The number of nitro benzene ring substituents is 1. The van der Waals surface area contributed by atoms with Gasteiger partial charge in [0.05, 0.1) is 11.1 Å². The van der Waals surface area contributed by atoms with E-state index in [1.165, 1.54) is 12.1 Å². The highest BCUT2D eigenvalue weighted by atomic mass is 32.2. The Morgan fingerprint density at radius 2 is 1.83 bits per heavy atom. The summed E-state index contributed by atoms with van der Waals surface area (Å²) in [5, 5.41) is 18.8. The minimum atomic E-state index is -4.97. The van der Waals surface area contributed by atoms with Crippen molar-refractivity contribution in [1.29, 1.82) is 0 Å². The highest BCUT2D eigenvalue weighted by molar-refractivity contribution is 7.90. The molecule has 128 valence electrons. The van der Waals surface area contributed by atoms with Crippen molar-refractivity contribution < 1.29 is 26.5 Å². The number of benzene rings is 1. The molecule has 0 bridgehead atoms. The van der Waals surface area contributed by atoms with Gasteiger partial charge in [-0.1, -0.05) is 0 Å². The van der Waals surface area contributed by atoms with Crippen LogP contribution in [0, 0.1) is 10.1 Å². The summed E-state index contributed by atoms with van der Waals surface area (Å²) in [5.74, 6) is -1.61. The number of nitrogens with zero attached hydrogens (tertiary/aromatic N) is 5. The lowest BCUT2D eigenvalue weighted by Gasteiger charge is -2.05. The fraction of sp³-hybridized carbons (Fsp3) is 0.182. The molecule has 2 rings (SSSR count). The van der Waals surface area contributed by atoms with Crippen molar-refractivity contribution in [1.82, 2.24) is 14.9 Å². The second-order valence-corrected chi connectivity index (χ2v) is 6.39. The quantitative estimate of drug-likeness (QED) is 0.461. The Hall–Kier alpha value is -2.83. The third kappa shape index (κ3) is 3.73. The molecule has 1 aromatic heterocycles. The number of halogens is 3. The lowest BCUT2D eigenvalue weighted by molar-refractivity contribution is -0.384. The molecule has 9 nitrogen and oxygen atoms in total. The molecule has 0 radical (unpaired) electrons. The van der Waals surface area contributed by atoms with Gasteiger partial charge in [-0.15, -0.1) is 10.2 Å². The van der Waals surface area contributed by atoms with Crippen LogP contribution < -0.4 is 0 Å². The van der Waals surface area contributed by atoms with E-state index in [2.05, 4.69) is 15.3 Å². The van der Waals surface area contributed by atoms with E-state index in [0.29, 0.717) is 6.26 Å². The van der Waals surface area contributed by atoms with Crippen LogP contribution in [-0.4, -0.2) is 40.7 Å². The number of sulfone groups is 1. The van der Waals surface area contributed by atoms with Gasteiger partial charge in [-0.25, -0.2) is 8.42 Å². The number of alkyl halides is 3. The van der Waals surface area contributed by atoms with Gasteiger partial charge in [0, 0.05) is 18.4 Å². The van der Waals surface area contributed by atoms with Crippen molar-refractivity contribution in [3.8, 4) is 0 Å². The summed E-state index contributed by atoms with van der Waals surface area (Å²) in [4.78, 5) is 9.88. The molecule has 0 aliphatic heterocycles. The van der Waals surface area contributed by atoms with Gasteiger partial charge in [0.2, 0.25) is 9.84 Å². The van der Waals surface area contributed by atoms with Gasteiger partial charge in [-0.05, 0) is 17.7 Å². The van der Waals surface area contributed by atoms with Crippen LogP contribution in [0.1, 0.15) is 11.4 Å². The lowest BCUT2D eigenvalue weighted by atomic mass is 10.2. The highest BCUT2D eigenvalue weighted by Gasteiger charge is 2.40. The van der Waals surface area contributed by atoms with E-state index >= 15 is 0 Å².